The highest BCUT2D eigenvalue weighted by Crippen LogP contribution is 2.25. The number of nitrogens with one attached hydrogen (secondary N) is 1. The van der Waals surface area contributed by atoms with E-state index in [9.17, 15) is 13.6 Å². The molecule has 0 aliphatic rings. The number of anilines is 1. The van der Waals surface area contributed by atoms with Crippen molar-refractivity contribution in [3.63, 3.8) is 0 Å². The Hall–Kier alpha value is -0.720. The molecule has 0 spiro atoms. The van der Waals surface area contributed by atoms with E-state index in [1.807, 2.05) is 0 Å². The molecule has 0 saturated carbocycles. The van der Waals surface area contributed by atoms with E-state index in [0.717, 1.165) is 0 Å². The molecule has 1 aromatic rings. The van der Waals surface area contributed by atoms with E-state index >= 15 is 0 Å². The number of ether oxygens (including phenoxy) is 1. The summed E-state index contributed by atoms with van der Waals surface area (Å²) in [7, 11) is 0. The normalized spacial score (nSPS) is 10.7. The lowest BCUT2D eigenvalue weighted by Gasteiger charge is -2.08. The number of alkyl halides is 2. The Morgan fingerprint density at radius 3 is 2.89 bits per heavy atom. The fourth-order valence-electron chi connectivity index (χ4n) is 1.14. The summed E-state index contributed by atoms with van der Waals surface area (Å²) in [5.74, 6) is -0.327. The zero-order valence-electron chi connectivity index (χ0n) is 9.26. The minimum absolute atomic E-state index is 0.00563. The van der Waals surface area contributed by atoms with E-state index in [4.69, 9.17) is 11.6 Å². The molecule has 1 aromatic carbocycles. The molecule has 0 aromatic heterocycles. The zero-order valence-corrected chi connectivity index (χ0v) is 11.6. The van der Waals surface area contributed by atoms with Crippen molar-refractivity contribution in [1.82, 2.24) is 0 Å². The summed E-state index contributed by atoms with van der Waals surface area (Å²) in [6, 6.07) is 4.96. The first-order valence-corrected chi connectivity index (χ1v) is 6.27. The van der Waals surface area contributed by atoms with Gasteiger partial charge in [-0.15, -0.1) is 0 Å². The lowest BCUT2D eigenvalue weighted by molar-refractivity contribution is -0.117. The molecular weight excluding hydrogens is 331 g/mol. The number of carbonyl (C=O) groups is 1. The van der Waals surface area contributed by atoms with Crippen molar-refractivity contribution >= 4 is 39.1 Å². The van der Waals surface area contributed by atoms with Gasteiger partial charge in [-0.25, -0.2) is 8.78 Å². The third-order valence-electron chi connectivity index (χ3n) is 1.92. The molecule has 0 saturated heterocycles. The molecule has 1 amide bonds. The van der Waals surface area contributed by atoms with Gasteiger partial charge in [0, 0.05) is 9.50 Å². The Balaban J connectivity index is 2.38. The molecule has 0 atom stereocenters. The number of hydrogen-bond donors (Lipinski definition) is 1. The largest absolute Gasteiger partial charge is 0.375 e. The van der Waals surface area contributed by atoms with Gasteiger partial charge in [-0.05, 0) is 34.1 Å². The van der Waals surface area contributed by atoms with Crippen molar-refractivity contribution in [2.75, 3.05) is 18.5 Å². The van der Waals surface area contributed by atoms with Crippen LogP contribution in [0.1, 0.15) is 6.42 Å². The predicted octanol–water partition coefficient (Wildman–Crippen LogP) is 3.71. The van der Waals surface area contributed by atoms with Crippen LogP contribution in [0.2, 0.25) is 5.02 Å². The molecule has 18 heavy (non-hydrogen) atoms. The van der Waals surface area contributed by atoms with Crippen LogP contribution in [0.5, 0.6) is 0 Å². The van der Waals surface area contributed by atoms with Gasteiger partial charge in [-0.1, -0.05) is 11.6 Å². The first-order chi connectivity index (χ1) is 8.49. The molecule has 0 aliphatic carbocycles. The van der Waals surface area contributed by atoms with E-state index < -0.39 is 13.0 Å². The zero-order chi connectivity index (χ0) is 13.5. The highest BCUT2D eigenvalue weighted by atomic mass is 79.9. The van der Waals surface area contributed by atoms with Crippen LogP contribution in [0.4, 0.5) is 14.5 Å². The summed E-state index contributed by atoms with van der Waals surface area (Å²) in [5, 5.41) is 3.09. The van der Waals surface area contributed by atoms with Crippen molar-refractivity contribution in [2.45, 2.75) is 12.8 Å². The second kappa shape index (κ2) is 7.66. The fraction of sp³-hybridized carbons (Fsp3) is 0.364. The van der Waals surface area contributed by atoms with E-state index in [2.05, 4.69) is 26.0 Å². The number of amides is 1. The molecule has 7 heteroatoms. The Labute approximate surface area is 117 Å². The summed E-state index contributed by atoms with van der Waals surface area (Å²) in [6.07, 6.45) is -2.51. The molecular formula is C11H11BrClF2NO2. The third-order valence-corrected chi connectivity index (χ3v) is 2.85. The Morgan fingerprint density at radius 1 is 1.50 bits per heavy atom. The maximum Gasteiger partial charge on any atom is 0.261 e. The molecule has 0 heterocycles. The molecule has 0 unspecified atom stereocenters. The number of halogens is 4. The monoisotopic (exact) mass is 341 g/mol. The molecule has 1 N–H and O–H groups in total. The molecule has 0 aliphatic heterocycles. The number of carbonyl (C=O) groups excluding carboxylic acids is 1. The number of rotatable bonds is 6. The van der Waals surface area contributed by atoms with Crippen LogP contribution in [0.25, 0.3) is 0 Å². The van der Waals surface area contributed by atoms with Gasteiger partial charge < -0.3 is 10.1 Å². The van der Waals surface area contributed by atoms with Crippen LogP contribution < -0.4 is 5.32 Å². The van der Waals surface area contributed by atoms with Crippen molar-refractivity contribution in [2.24, 2.45) is 0 Å². The number of benzene rings is 1. The van der Waals surface area contributed by atoms with Crippen LogP contribution in [-0.4, -0.2) is 25.5 Å². The average Bonchev–Trinajstić information content (AvgIpc) is 2.29. The Morgan fingerprint density at radius 2 is 2.22 bits per heavy atom. The topological polar surface area (TPSA) is 38.3 Å². The maximum atomic E-state index is 11.8. The van der Waals surface area contributed by atoms with E-state index in [-0.39, 0.29) is 18.9 Å². The molecule has 3 nitrogen and oxygen atoms in total. The summed E-state index contributed by atoms with van der Waals surface area (Å²) in [6.45, 7) is -0.706. The SMILES string of the molecule is O=C(CCOCC(F)F)Nc1cc(Cl)ccc1Br. The van der Waals surface area contributed by atoms with Crippen LogP contribution in [0, 0.1) is 0 Å². The Bertz CT molecular complexity index is 418. The molecule has 1 rings (SSSR count). The maximum absolute atomic E-state index is 11.8. The van der Waals surface area contributed by atoms with Crippen molar-refractivity contribution < 1.29 is 18.3 Å². The first-order valence-electron chi connectivity index (χ1n) is 5.10. The van der Waals surface area contributed by atoms with Gasteiger partial charge in [0.2, 0.25) is 5.91 Å². The smallest absolute Gasteiger partial charge is 0.261 e. The van der Waals surface area contributed by atoms with Gasteiger partial charge in [0.05, 0.1) is 18.7 Å². The molecule has 0 bridgehead atoms. The summed E-state index contributed by atoms with van der Waals surface area (Å²) < 4.78 is 28.8. The highest BCUT2D eigenvalue weighted by Gasteiger charge is 2.07. The predicted molar refractivity (Wildman–Crippen MR) is 69.2 cm³/mol. The van der Waals surface area contributed by atoms with Gasteiger partial charge in [-0.2, -0.15) is 0 Å². The van der Waals surface area contributed by atoms with Gasteiger partial charge >= 0.3 is 0 Å². The lowest BCUT2D eigenvalue weighted by Crippen LogP contribution is -2.15. The van der Waals surface area contributed by atoms with E-state index in [1.165, 1.54) is 0 Å². The van der Waals surface area contributed by atoms with Crippen molar-refractivity contribution in [3.8, 4) is 0 Å². The van der Waals surface area contributed by atoms with Crippen LogP contribution in [0.3, 0.4) is 0 Å². The van der Waals surface area contributed by atoms with Crippen molar-refractivity contribution in [3.05, 3.63) is 27.7 Å². The fourth-order valence-corrected chi connectivity index (χ4v) is 1.66. The van der Waals surface area contributed by atoms with Gasteiger partial charge in [0.15, 0.2) is 0 Å². The standard InChI is InChI=1S/C11H11BrClF2NO2/c12-8-2-1-7(13)5-9(8)16-11(17)3-4-18-6-10(14)15/h1-2,5,10H,3-4,6H2,(H,16,17). The minimum atomic E-state index is -2.52. The molecule has 0 radical (unpaired) electrons. The second-order valence-corrected chi connectivity index (χ2v) is 4.68. The highest BCUT2D eigenvalue weighted by molar-refractivity contribution is 9.10. The van der Waals surface area contributed by atoms with Gasteiger partial charge in [0.25, 0.3) is 6.43 Å². The second-order valence-electron chi connectivity index (χ2n) is 3.39. The number of hydrogen-bond acceptors (Lipinski definition) is 2. The van der Waals surface area contributed by atoms with Gasteiger partial charge in [-0.3, -0.25) is 4.79 Å². The van der Waals surface area contributed by atoms with E-state index in [0.29, 0.717) is 15.2 Å². The molecule has 100 valence electrons. The van der Waals surface area contributed by atoms with Gasteiger partial charge in [0.1, 0.15) is 6.61 Å². The lowest BCUT2D eigenvalue weighted by atomic mass is 10.3. The summed E-state index contributed by atoms with van der Waals surface area (Å²) in [5.41, 5.74) is 0.529. The average molecular weight is 343 g/mol. The van der Waals surface area contributed by atoms with Crippen LogP contribution in [0.15, 0.2) is 22.7 Å². The first kappa shape index (κ1) is 15.3. The van der Waals surface area contributed by atoms with Crippen LogP contribution >= 0.6 is 27.5 Å². The Kier molecular flexibility index (Phi) is 6.52. The summed E-state index contributed by atoms with van der Waals surface area (Å²) >= 11 is 9.04. The minimum Gasteiger partial charge on any atom is -0.375 e. The van der Waals surface area contributed by atoms with Crippen molar-refractivity contribution in [1.29, 1.82) is 0 Å². The van der Waals surface area contributed by atoms with E-state index in [1.54, 1.807) is 18.2 Å². The van der Waals surface area contributed by atoms with Crippen LogP contribution in [-0.2, 0) is 9.53 Å². The quantitative estimate of drug-likeness (QED) is 0.800. The summed E-state index contributed by atoms with van der Waals surface area (Å²) in [4.78, 5) is 11.5. The third kappa shape index (κ3) is 5.75. The molecule has 0 fully saturated rings.